The third-order valence-corrected chi connectivity index (χ3v) is 5.72. The van der Waals surface area contributed by atoms with Gasteiger partial charge in [-0.25, -0.2) is 0 Å². The molecule has 0 amide bonds. The van der Waals surface area contributed by atoms with Gasteiger partial charge >= 0.3 is 0 Å². The van der Waals surface area contributed by atoms with Crippen LogP contribution in [0.5, 0.6) is 0 Å². The second kappa shape index (κ2) is 10.3. The van der Waals surface area contributed by atoms with Crippen molar-refractivity contribution in [2.75, 3.05) is 59.0 Å². The third-order valence-electron chi connectivity index (χ3n) is 5.72. The molecule has 156 valence electrons. The smallest absolute Gasteiger partial charge is 0.193 e. The Balaban J connectivity index is 1.54. The first-order valence-electron chi connectivity index (χ1n) is 10.9. The van der Waals surface area contributed by atoms with E-state index >= 15 is 0 Å². The van der Waals surface area contributed by atoms with Crippen LogP contribution in [0.4, 0.5) is 0 Å². The molecule has 0 aliphatic carbocycles. The first-order chi connectivity index (χ1) is 13.6. The predicted octanol–water partition coefficient (Wildman–Crippen LogP) is 2.87. The van der Waals surface area contributed by atoms with Gasteiger partial charge in [-0.2, -0.15) is 0 Å². The zero-order valence-electron chi connectivity index (χ0n) is 18.0. The molecule has 3 rings (SSSR count). The summed E-state index contributed by atoms with van der Waals surface area (Å²) in [5.41, 5.74) is 1.54. The highest BCUT2D eigenvalue weighted by Gasteiger charge is 2.27. The second-order valence-corrected chi connectivity index (χ2v) is 9.01. The highest BCUT2D eigenvalue weighted by molar-refractivity contribution is 5.80. The van der Waals surface area contributed by atoms with Crippen molar-refractivity contribution in [1.82, 2.24) is 15.1 Å². The van der Waals surface area contributed by atoms with Crippen molar-refractivity contribution in [1.29, 1.82) is 0 Å². The van der Waals surface area contributed by atoms with Crippen molar-refractivity contribution < 1.29 is 4.74 Å². The molecule has 5 heteroatoms. The molecular weight excluding hydrogens is 348 g/mol. The SMILES string of the molecule is CCNC(=NCC(C)(C)Cc1ccccc1)N1CCC(CN2CCOCC2)C1. The summed E-state index contributed by atoms with van der Waals surface area (Å²) in [4.78, 5) is 10.1. The Hall–Kier alpha value is -1.59. The Morgan fingerprint density at radius 3 is 2.64 bits per heavy atom. The molecule has 0 spiro atoms. The van der Waals surface area contributed by atoms with Gasteiger partial charge in [0.1, 0.15) is 0 Å². The minimum Gasteiger partial charge on any atom is -0.379 e. The summed E-state index contributed by atoms with van der Waals surface area (Å²) in [5, 5.41) is 3.53. The normalized spacial score (nSPS) is 21.9. The van der Waals surface area contributed by atoms with E-state index in [0.29, 0.717) is 0 Å². The van der Waals surface area contributed by atoms with Gasteiger partial charge in [-0.05, 0) is 36.7 Å². The molecule has 2 fully saturated rings. The summed E-state index contributed by atoms with van der Waals surface area (Å²) in [6, 6.07) is 10.8. The van der Waals surface area contributed by atoms with E-state index in [0.717, 1.165) is 70.8 Å². The van der Waals surface area contributed by atoms with Crippen molar-refractivity contribution in [3.8, 4) is 0 Å². The maximum Gasteiger partial charge on any atom is 0.193 e. The molecule has 2 aliphatic heterocycles. The molecule has 0 aromatic heterocycles. The average molecular weight is 387 g/mol. The standard InChI is InChI=1S/C23H38N4O/c1-4-24-22(25-19-23(2,3)16-20-8-6-5-7-9-20)27-11-10-21(18-27)17-26-12-14-28-15-13-26/h5-9,21H,4,10-19H2,1-3H3,(H,24,25). The molecule has 1 atom stereocenters. The monoisotopic (exact) mass is 386 g/mol. The summed E-state index contributed by atoms with van der Waals surface area (Å²) in [5.74, 6) is 1.83. The van der Waals surface area contributed by atoms with Gasteiger partial charge in [0.15, 0.2) is 5.96 Å². The molecule has 0 bridgehead atoms. The Kier molecular flexibility index (Phi) is 7.74. The lowest BCUT2D eigenvalue weighted by atomic mass is 9.86. The largest absolute Gasteiger partial charge is 0.379 e. The van der Waals surface area contributed by atoms with Crippen LogP contribution in [0.1, 0.15) is 32.8 Å². The van der Waals surface area contributed by atoms with E-state index in [1.807, 2.05) is 0 Å². The van der Waals surface area contributed by atoms with Crippen LogP contribution in [-0.4, -0.2) is 74.8 Å². The number of benzene rings is 1. The third kappa shape index (κ3) is 6.49. The van der Waals surface area contributed by atoms with Gasteiger partial charge in [-0.15, -0.1) is 0 Å². The van der Waals surface area contributed by atoms with Crippen LogP contribution in [0.3, 0.4) is 0 Å². The summed E-state index contributed by atoms with van der Waals surface area (Å²) < 4.78 is 5.48. The fourth-order valence-electron chi connectivity index (χ4n) is 4.24. The van der Waals surface area contributed by atoms with E-state index in [4.69, 9.17) is 9.73 Å². The summed E-state index contributed by atoms with van der Waals surface area (Å²) in [6.07, 6.45) is 2.31. The molecule has 0 radical (unpaired) electrons. The zero-order chi connectivity index (χ0) is 19.8. The van der Waals surface area contributed by atoms with Crippen LogP contribution in [0.2, 0.25) is 0 Å². The van der Waals surface area contributed by atoms with Gasteiger partial charge in [0.2, 0.25) is 0 Å². The van der Waals surface area contributed by atoms with Crippen LogP contribution in [0, 0.1) is 11.3 Å². The number of likely N-dealkylation sites (tertiary alicyclic amines) is 1. The topological polar surface area (TPSA) is 40.1 Å². The van der Waals surface area contributed by atoms with Gasteiger partial charge in [0, 0.05) is 45.8 Å². The summed E-state index contributed by atoms with van der Waals surface area (Å²) in [7, 11) is 0. The van der Waals surface area contributed by atoms with Crippen molar-refractivity contribution in [2.24, 2.45) is 16.3 Å². The molecule has 2 heterocycles. The Morgan fingerprint density at radius 1 is 1.18 bits per heavy atom. The lowest BCUT2D eigenvalue weighted by Gasteiger charge is -2.29. The maximum absolute atomic E-state index is 5.48. The lowest BCUT2D eigenvalue weighted by molar-refractivity contribution is 0.0315. The van der Waals surface area contributed by atoms with E-state index in [-0.39, 0.29) is 5.41 Å². The predicted molar refractivity (Wildman–Crippen MR) is 117 cm³/mol. The minimum absolute atomic E-state index is 0.148. The van der Waals surface area contributed by atoms with Gasteiger partial charge in [-0.1, -0.05) is 44.2 Å². The van der Waals surface area contributed by atoms with Crippen molar-refractivity contribution >= 4 is 5.96 Å². The van der Waals surface area contributed by atoms with E-state index in [1.54, 1.807) is 0 Å². The quantitative estimate of drug-likeness (QED) is 0.578. The van der Waals surface area contributed by atoms with Crippen molar-refractivity contribution in [3.05, 3.63) is 35.9 Å². The van der Waals surface area contributed by atoms with E-state index in [2.05, 4.69) is 66.2 Å². The second-order valence-electron chi connectivity index (χ2n) is 9.01. The van der Waals surface area contributed by atoms with Crippen LogP contribution in [-0.2, 0) is 11.2 Å². The van der Waals surface area contributed by atoms with Crippen LogP contribution < -0.4 is 5.32 Å². The minimum atomic E-state index is 0.148. The zero-order valence-corrected chi connectivity index (χ0v) is 18.0. The first-order valence-corrected chi connectivity index (χ1v) is 10.9. The summed E-state index contributed by atoms with van der Waals surface area (Å²) in [6.45, 7) is 15.9. The highest BCUT2D eigenvalue weighted by atomic mass is 16.5. The molecule has 2 aliphatic rings. The number of hydrogen-bond acceptors (Lipinski definition) is 3. The maximum atomic E-state index is 5.48. The molecule has 1 N–H and O–H groups in total. The van der Waals surface area contributed by atoms with Crippen LogP contribution >= 0.6 is 0 Å². The number of ether oxygens (including phenoxy) is 1. The summed E-state index contributed by atoms with van der Waals surface area (Å²) >= 11 is 0. The number of aliphatic imine (C=N–C) groups is 1. The average Bonchev–Trinajstić information content (AvgIpc) is 3.14. The van der Waals surface area contributed by atoms with E-state index in [1.165, 1.54) is 18.5 Å². The first kappa shape index (κ1) is 21.1. The fourth-order valence-corrected chi connectivity index (χ4v) is 4.24. The molecule has 1 unspecified atom stereocenters. The van der Waals surface area contributed by atoms with Gasteiger partial charge < -0.3 is 15.0 Å². The molecule has 2 saturated heterocycles. The fraction of sp³-hybridized carbons (Fsp3) is 0.696. The number of nitrogens with zero attached hydrogens (tertiary/aromatic N) is 3. The molecule has 28 heavy (non-hydrogen) atoms. The lowest BCUT2D eigenvalue weighted by Crippen LogP contribution is -2.42. The number of rotatable bonds is 7. The number of guanidine groups is 1. The van der Waals surface area contributed by atoms with Gasteiger partial charge in [-0.3, -0.25) is 9.89 Å². The Morgan fingerprint density at radius 2 is 1.93 bits per heavy atom. The van der Waals surface area contributed by atoms with Crippen molar-refractivity contribution in [3.63, 3.8) is 0 Å². The number of hydrogen-bond donors (Lipinski definition) is 1. The van der Waals surface area contributed by atoms with Crippen molar-refractivity contribution in [2.45, 2.75) is 33.6 Å². The number of morpholine rings is 1. The Bertz CT molecular complexity index is 610. The van der Waals surface area contributed by atoms with Crippen LogP contribution in [0.25, 0.3) is 0 Å². The molecule has 1 aromatic rings. The molecule has 5 nitrogen and oxygen atoms in total. The van der Waals surface area contributed by atoms with Crippen LogP contribution in [0.15, 0.2) is 35.3 Å². The highest BCUT2D eigenvalue weighted by Crippen LogP contribution is 2.23. The molecule has 1 aromatic carbocycles. The van der Waals surface area contributed by atoms with Gasteiger partial charge in [0.05, 0.1) is 13.2 Å². The Labute approximate surface area is 171 Å². The molecular formula is C23H38N4O. The number of nitrogens with one attached hydrogen (secondary N) is 1. The van der Waals surface area contributed by atoms with E-state index in [9.17, 15) is 0 Å². The van der Waals surface area contributed by atoms with E-state index < -0.39 is 0 Å². The van der Waals surface area contributed by atoms with Gasteiger partial charge in [0.25, 0.3) is 0 Å². The molecule has 0 saturated carbocycles.